The highest BCUT2D eigenvalue weighted by atomic mass is 32.2. The topological polar surface area (TPSA) is 74.7 Å². The van der Waals surface area contributed by atoms with Gasteiger partial charge in [-0.25, -0.2) is 22.0 Å². The Morgan fingerprint density at radius 2 is 1.92 bits per heavy atom. The number of halogens is 2. The number of fused-ring (bicyclic) bond motifs is 1. The molecule has 5 nitrogen and oxygen atoms in total. The van der Waals surface area contributed by atoms with Gasteiger partial charge in [0.05, 0.1) is 16.1 Å². The number of nitrogens with zero attached hydrogens (tertiary/aromatic N) is 1. The molecule has 8 heteroatoms. The standard InChI is InChI=1S/C17H15F2NO4S/c1-10-4-5-13(9-14(10)17(21)22)25(23,24)20-6-2-3-11-7-12(18)8-15(19)16(11)20/h4-5,7-9H,2-3,6H2,1H3,(H,21,22). The molecule has 25 heavy (non-hydrogen) atoms. The third-order valence-corrected chi connectivity index (χ3v) is 5.99. The number of carboxylic acid groups (broad SMARTS) is 1. The summed E-state index contributed by atoms with van der Waals surface area (Å²) < 4.78 is 54.5. The molecule has 0 bridgehead atoms. The van der Waals surface area contributed by atoms with Crippen molar-refractivity contribution in [3.63, 3.8) is 0 Å². The van der Waals surface area contributed by atoms with E-state index in [0.29, 0.717) is 24.5 Å². The van der Waals surface area contributed by atoms with Gasteiger partial charge in [-0.15, -0.1) is 0 Å². The van der Waals surface area contributed by atoms with Gasteiger partial charge in [-0.05, 0) is 49.1 Å². The minimum Gasteiger partial charge on any atom is -0.478 e. The third kappa shape index (κ3) is 2.97. The Balaban J connectivity index is 2.15. The highest BCUT2D eigenvalue weighted by Gasteiger charge is 2.32. The summed E-state index contributed by atoms with van der Waals surface area (Å²) in [6.45, 7) is 1.59. The molecular weight excluding hydrogens is 352 g/mol. The highest BCUT2D eigenvalue weighted by molar-refractivity contribution is 7.92. The van der Waals surface area contributed by atoms with Crippen LogP contribution < -0.4 is 4.31 Å². The Morgan fingerprint density at radius 1 is 1.20 bits per heavy atom. The molecule has 0 aromatic heterocycles. The Labute approximate surface area is 143 Å². The summed E-state index contributed by atoms with van der Waals surface area (Å²) >= 11 is 0. The van der Waals surface area contributed by atoms with Crippen molar-refractivity contribution < 1.29 is 27.1 Å². The molecule has 0 spiro atoms. The Morgan fingerprint density at radius 3 is 2.60 bits per heavy atom. The quantitative estimate of drug-likeness (QED) is 0.905. The van der Waals surface area contributed by atoms with Crippen molar-refractivity contribution in [3.8, 4) is 0 Å². The number of rotatable bonds is 3. The van der Waals surface area contributed by atoms with Crippen LogP contribution in [0.3, 0.4) is 0 Å². The number of hydrogen-bond donors (Lipinski definition) is 1. The van der Waals surface area contributed by atoms with Gasteiger partial charge in [0, 0.05) is 12.6 Å². The van der Waals surface area contributed by atoms with Gasteiger partial charge in [0.15, 0.2) is 5.82 Å². The Bertz CT molecular complexity index is 973. The van der Waals surface area contributed by atoms with Crippen LogP contribution in [0.1, 0.15) is 27.9 Å². The lowest BCUT2D eigenvalue weighted by molar-refractivity contribution is 0.0696. The van der Waals surface area contributed by atoms with E-state index in [4.69, 9.17) is 0 Å². The molecule has 0 saturated carbocycles. The van der Waals surface area contributed by atoms with Gasteiger partial charge < -0.3 is 5.11 Å². The van der Waals surface area contributed by atoms with Gasteiger partial charge >= 0.3 is 5.97 Å². The number of carbonyl (C=O) groups is 1. The van der Waals surface area contributed by atoms with E-state index in [2.05, 4.69) is 0 Å². The SMILES string of the molecule is Cc1ccc(S(=O)(=O)N2CCCc3cc(F)cc(F)c32)cc1C(=O)O. The number of aromatic carboxylic acids is 1. The second-order valence-electron chi connectivity index (χ2n) is 5.86. The third-order valence-electron chi connectivity index (χ3n) is 4.19. The van der Waals surface area contributed by atoms with E-state index in [-0.39, 0.29) is 28.3 Å². The molecule has 0 fully saturated rings. The molecule has 0 atom stereocenters. The molecule has 1 aliphatic heterocycles. The van der Waals surface area contributed by atoms with Gasteiger partial charge in [-0.1, -0.05) is 6.07 Å². The fourth-order valence-corrected chi connectivity index (χ4v) is 4.55. The van der Waals surface area contributed by atoms with Crippen LogP contribution in [0.4, 0.5) is 14.5 Å². The van der Waals surface area contributed by atoms with Gasteiger partial charge in [0.2, 0.25) is 0 Å². The predicted molar refractivity (Wildman–Crippen MR) is 87.3 cm³/mol. The maximum absolute atomic E-state index is 14.3. The fraction of sp³-hybridized carbons (Fsp3) is 0.235. The number of aryl methyl sites for hydroxylation is 2. The van der Waals surface area contributed by atoms with Crippen molar-refractivity contribution in [1.29, 1.82) is 0 Å². The lowest BCUT2D eigenvalue weighted by atomic mass is 10.0. The first-order valence-corrected chi connectivity index (χ1v) is 9.00. The first-order chi connectivity index (χ1) is 11.7. The maximum atomic E-state index is 14.3. The zero-order chi connectivity index (χ0) is 18.4. The van der Waals surface area contributed by atoms with Crippen LogP contribution in [0.15, 0.2) is 35.2 Å². The average molecular weight is 367 g/mol. The summed E-state index contributed by atoms with van der Waals surface area (Å²) in [5.74, 6) is -2.97. The lowest BCUT2D eigenvalue weighted by Crippen LogP contribution is -2.36. The Kier molecular flexibility index (Phi) is 4.24. The summed E-state index contributed by atoms with van der Waals surface area (Å²) in [5, 5.41) is 9.19. The maximum Gasteiger partial charge on any atom is 0.335 e. The molecule has 0 unspecified atom stereocenters. The molecular formula is C17H15F2NO4S. The number of carboxylic acids is 1. The van der Waals surface area contributed by atoms with Crippen LogP contribution >= 0.6 is 0 Å². The van der Waals surface area contributed by atoms with Crippen molar-refractivity contribution in [3.05, 3.63) is 58.7 Å². The zero-order valence-electron chi connectivity index (χ0n) is 13.3. The van der Waals surface area contributed by atoms with E-state index in [9.17, 15) is 27.1 Å². The first-order valence-electron chi connectivity index (χ1n) is 7.56. The van der Waals surface area contributed by atoms with E-state index in [1.54, 1.807) is 6.92 Å². The minimum absolute atomic E-state index is 0.0359. The molecule has 0 amide bonds. The zero-order valence-corrected chi connectivity index (χ0v) is 14.1. The van der Waals surface area contributed by atoms with Crippen LogP contribution in [0, 0.1) is 18.6 Å². The summed E-state index contributed by atoms with van der Waals surface area (Å²) in [5.41, 5.74) is 0.375. The molecule has 132 valence electrons. The monoisotopic (exact) mass is 367 g/mol. The van der Waals surface area contributed by atoms with E-state index >= 15 is 0 Å². The largest absolute Gasteiger partial charge is 0.478 e. The van der Waals surface area contributed by atoms with E-state index < -0.39 is 27.6 Å². The smallest absolute Gasteiger partial charge is 0.335 e. The number of anilines is 1. The molecule has 2 aromatic rings. The second kappa shape index (κ2) is 6.11. The van der Waals surface area contributed by atoms with Crippen LogP contribution in [0.2, 0.25) is 0 Å². The molecule has 0 aliphatic carbocycles. The second-order valence-corrected chi connectivity index (χ2v) is 7.72. The fourth-order valence-electron chi connectivity index (χ4n) is 2.97. The van der Waals surface area contributed by atoms with Crippen molar-refractivity contribution >= 4 is 21.7 Å². The summed E-state index contributed by atoms with van der Waals surface area (Å²) in [6.07, 6.45) is 0.775. The van der Waals surface area contributed by atoms with Crippen LogP contribution in [-0.2, 0) is 16.4 Å². The predicted octanol–water partition coefficient (Wildman–Crippen LogP) is 3.11. The molecule has 0 radical (unpaired) electrons. The van der Waals surface area contributed by atoms with Gasteiger partial charge in [0.1, 0.15) is 5.82 Å². The molecule has 0 saturated heterocycles. The lowest BCUT2D eigenvalue weighted by Gasteiger charge is -2.31. The van der Waals surface area contributed by atoms with Crippen LogP contribution in [0.25, 0.3) is 0 Å². The van der Waals surface area contributed by atoms with Gasteiger partial charge in [0.25, 0.3) is 10.0 Å². The van der Waals surface area contributed by atoms with Crippen LogP contribution in [0.5, 0.6) is 0 Å². The summed E-state index contributed by atoms with van der Waals surface area (Å²) in [4.78, 5) is 11.0. The van der Waals surface area contributed by atoms with Crippen molar-refractivity contribution in [2.24, 2.45) is 0 Å². The average Bonchev–Trinajstić information content (AvgIpc) is 2.53. The van der Waals surface area contributed by atoms with Crippen molar-refractivity contribution in [1.82, 2.24) is 0 Å². The van der Waals surface area contributed by atoms with E-state index in [0.717, 1.165) is 16.4 Å². The summed E-state index contributed by atoms with van der Waals surface area (Å²) in [6, 6.07) is 5.50. The number of hydrogen-bond acceptors (Lipinski definition) is 3. The van der Waals surface area contributed by atoms with Crippen molar-refractivity contribution in [2.75, 3.05) is 10.8 Å². The molecule has 1 aliphatic rings. The minimum atomic E-state index is -4.18. The number of sulfonamides is 1. The molecule has 3 rings (SSSR count). The van der Waals surface area contributed by atoms with Crippen molar-refractivity contribution in [2.45, 2.75) is 24.7 Å². The van der Waals surface area contributed by atoms with E-state index in [1.165, 1.54) is 12.1 Å². The van der Waals surface area contributed by atoms with Crippen LogP contribution in [-0.4, -0.2) is 26.0 Å². The normalized spacial score (nSPS) is 14.3. The number of benzene rings is 2. The molecule has 2 aromatic carbocycles. The highest BCUT2D eigenvalue weighted by Crippen LogP contribution is 2.35. The first kappa shape index (κ1) is 17.3. The van der Waals surface area contributed by atoms with Gasteiger partial charge in [-0.2, -0.15) is 0 Å². The molecule has 1 N–H and O–H groups in total. The van der Waals surface area contributed by atoms with Gasteiger partial charge in [-0.3, -0.25) is 4.31 Å². The molecule has 1 heterocycles. The Hall–Kier alpha value is -2.48. The summed E-state index contributed by atoms with van der Waals surface area (Å²) in [7, 11) is -4.18. The van der Waals surface area contributed by atoms with E-state index in [1.807, 2.05) is 0 Å².